The number of methoxy groups -OCH3 is 1. The molecule has 6 heteroatoms. The summed E-state index contributed by atoms with van der Waals surface area (Å²) >= 11 is 0. The molecule has 0 aromatic heterocycles. The van der Waals surface area contributed by atoms with Gasteiger partial charge in [0.1, 0.15) is 23.2 Å². The van der Waals surface area contributed by atoms with Crippen molar-refractivity contribution in [2.75, 3.05) is 20.3 Å². The van der Waals surface area contributed by atoms with Crippen LogP contribution in [0.15, 0.2) is 18.2 Å². The Bertz CT molecular complexity index is 500. The van der Waals surface area contributed by atoms with Gasteiger partial charge in [0.25, 0.3) is 5.91 Å². The molecule has 0 aliphatic carbocycles. The van der Waals surface area contributed by atoms with Crippen LogP contribution in [0.2, 0.25) is 0 Å². The largest absolute Gasteiger partial charge is 0.479 e. The summed E-state index contributed by atoms with van der Waals surface area (Å²) in [5.74, 6) is -0.931. The quantitative estimate of drug-likeness (QED) is 0.770. The molecule has 1 rings (SSSR count). The highest BCUT2D eigenvalue weighted by Gasteiger charge is 2.17. The minimum absolute atomic E-state index is 0.0621. The van der Waals surface area contributed by atoms with Gasteiger partial charge in [-0.05, 0) is 25.5 Å². The Hall–Kier alpha value is -2.13. The fraction of sp³-hybridized carbons (Fsp3) is 0.429. The monoisotopic (exact) mass is 280 g/mol. The van der Waals surface area contributed by atoms with Crippen molar-refractivity contribution in [2.24, 2.45) is 0 Å². The maximum absolute atomic E-state index is 13.4. The first-order valence-corrected chi connectivity index (χ1v) is 6.22. The van der Waals surface area contributed by atoms with Crippen molar-refractivity contribution in [2.45, 2.75) is 19.4 Å². The Kier molecular flexibility index (Phi) is 6.47. The number of benzene rings is 1. The fourth-order valence-corrected chi connectivity index (χ4v) is 1.53. The number of nitrogens with one attached hydrogen (secondary N) is 1. The molecule has 0 saturated carbocycles. The van der Waals surface area contributed by atoms with E-state index < -0.39 is 11.9 Å². The summed E-state index contributed by atoms with van der Waals surface area (Å²) in [7, 11) is 1.58. The first kappa shape index (κ1) is 15.9. The van der Waals surface area contributed by atoms with E-state index in [1.165, 1.54) is 25.1 Å². The maximum atomic E-state index is 13.4. The molecular weight excluding hydrogens is 263 g/mol. The second-order valence-corrected chi connectivity index (χ2v) is 4.12. The number of carbonyl (C=O) groups is 1. The molecule has 20 heavy (non-hydrogen) atoms. The predicted octanol–water partition coefficient (Wildman–Crippen LogP) is 1.62. The number of nitrogens with zero attached hydrogens (tertiary/aromatic N) is 1. The van der Waals surface area contributed by atoms with Gasteiger partial charge in [0.05, 0.1) is 0 Å². The van der Waals surface area contributed by atoms with E-state index >= 15 is 0 Å². The zero-order valence-electron chi connectivity index (χ0n) is 11.5. The average molecular weight is 280 g/mol. The zero-order valence-corrected chi connectivity index (χ0v) is 11.5. The molecule has 1 N–H and O–H groups in total. The van der Waals surface area contributed by atoms with Gasteiger partial charge in [-0.25, -0.2) is 4.39 Å². The van der Waals surface area contributed by atoms with Crippen molar-refractivity contribution in [3.63, 3.8) is 0 Å². The molecule has 5 nitrogen and oxygen atoms in total. The second-order valence-electron chi connectivity index (χ2n) is 4.12. The number of hydrogen-bond acceptors (Lipinski definition) is 4. The molecule has 0 fully saturated rings. The number of halogens is 1. The van der Waals surface area contributed by atoms with Crippen LogP contribution >= 0.6 is 0 Å². The highest BCUT2D eigenvalue weighted by molar-refractivity contribution is 5.80. The van der Waals surface area contributed by atoms with Crippen LogP contribution in [-0.2, 0) is 9.53 Å². The van der Waals surface area contributed by atoms with Gasteiger partial charge in [-0.3, -0.25) is 4.79 Å². The summed E-state index contributed by atoms with van der Waals surface area (Å²) in [5, 5.41) is 11.5. The molecule has 1 aromatic carbocycles. The van der Waals surface area contributed by atoms with E-state index in [1.807, 2.05) is 0 Å². The number of carbonyl (C=O) groups excluding carboxylic acids is 1. The Balaban J connectivity index is 2.58. The van der Waals surface area contributed by atoms with Crippen LogP contribution in [0.25, 0.3) is 0 Å². The summed E-state index contributed by atoms with van der Waals surface area (Å²) in [6.45, 7) is 2.56. The van der Waals surface area contributed by atoms with E-state index in [-0.39, 0.29) is 17.2 Å². The third kappa shape index (κ3) is 4.52. The number of amides is 1. The van der Waals surface area contributed by atoms with Crippen molar-refractivity contribution in [1.29, 1.82) is 5.26 Å². The minimum atomic E-state index is -0.813. The molecule has 1 aromatic rings. The van der Waals surface area contributed by atoms with Gasteiger partial charge in [-0.2, -0.15) is 5.26 Å². The van der Waals surface area contributed by atoms with Gasteiger partial charge >= 0.3 is 0 Å². The molecule has 0 radical (unpaired) electrons. The first-order chi connectivity index (χ1) is 9.60. The topological polar surface area (TPSA) is 71.3 Å². The molecular formula is C14H17FN2O3. The van der Waals surface area contributed by atoms with Crippen LogP contribution in [0.4, 0.5) is 4.39 Å². The van der Waals surface area contributed by atoms with Crippen molar-refractivity contribution in [3.05, 3.63) is 29.6 Å². The van der Waals surface area contributed by atoms with Crippen LogP contribution in [0.1, 0.15) is 18.9 Å². The lowest BCUT2D eigenvalue weighted by atomic mass is 10.2. The molecule has 0 saturated heterocycles. The first-order valence-electron chi connectivity index (χ1n) is 6.22. The third-order valence-electron chi connectivity index (χ3n) is 2.58. The van der Waals surface area contributed by atoms with Gasteiger partial charge in [0.15, 0.2) is 6.10 Å². The van der Waals surface area contributed by atoms with Crippen LogP contribution in [0, 0.1) is 17.1 Å². The number of hydrogen-bond donors (Lipinski definition) is 1. The molecule has 0 bridgehead atoms. The molecule has 0 aliphatic heterocycles. The third-order valence-corrected chi connectivity index (χ3v) is 2.58. The summed E-state index contributed by atoms with van der Waals surface area (Å²) in [6.07, 6.45) is -0.121. The Morgan fingerprint density at radius 3 is 2.95 bits per heavy atom. The normalized spacial score (nSPS) is 11.5. The fourth-order valence-electron chi connectivity index (χ4n) is 1.53. The number of nitriles is 1. The van der Waals surface area contributed by atoms with E-state index in [2.05, 4.69) is 5.32 Å². The van der Waals surface area contributed by atoms with E-state index in [0.717, 1.165) is 0 Å². The van der Waals surface area contributed by atoms with Crippen molar-refractivity contribution >= 4 is 5.91 Å². The molecule has 108 valence electrons. The van der Waals surface area contributed by atoms with E-state index in [9.17, 15) is 9.18 Å². The van der Waals surface area contributed by atoms with E-state index in [0.29, 0.717) is 19.6 Å². The Labute approximate surface area is 117 Å². The van der Waals surface area contributed by atoms with Crippen LogP contribution in [0.3, 0.4) is 0 Å². The van der Waals surface area contributed by atoms with Gasteiger partial charge in [-0.1, -0.05) is 6.07 Å². The molecule has 1 atom stereocenters. The number of rotatable bonds is 7. The molecule has 0 aliphatic rings. The Morgan fingerprint density at radius 2 is 2.30 bits per heavy atom. The van der Waals surface area contributed by atoms with Gasteiger partial charge in [0, 0.05) is 20.3 Å². The van der Waals surface area contributed by atoms with Crippen LogP contribution < -0.4 is 10.1 Å². The number of ether oxygens (including phenoxy) is 2. The van der Waals surface area contributed by atoms with E-state index in [1.54, 1.807) is 13.2 Å². The zero-order chi connectivity index (χ0) is 15.0. The lowest BCUT2D eigenvalue weighted by Gasteiger charge is -2.15. The summed E-state index contributed by atoms with van der Waals surface area (Å²) in [4.78, 5) is 11.7. The van der Waals surface area contributed by atoms with Gasteiger partial charge < -0.3 is 14.8 Å². The standard InChI is InChI=1S/C14H17FN2O3/c1-10(14(18)17-7-4-8-19-2)20-13-6-3-5-12(15)11(13)9-16/h3,5-6,10H,4,7-8H2,1-2H3,(H,17,18). The van der Waals surface area contributed by atoms with Crippen LogP contribution in [-0.4, -0.2) is 32.3 Å². The van der Waals surface area contributed by atoms with Gasteiger partial charge in [0.2, 0.25) is 0 Å². The molecule has 0 spiro atoms. The molecule has 0 heterocycles. The SMILES string of the molecule is COCCCNC(=O)C(C)Oc1cccc(F)c1C#N. The van der Waals surface area contributed by atoms with Crippen molar-refractivity contribution in [1.82, 2.24) is 5.32 Å². The smallest absolute Gasteiger partial charge is 0.260 e. The van der Waals surface area contributed by atoms with Crippen molar-refractivity contribution < 1.29 is 18.7 Å². The lowest BCUT2D eigenvalue weighted by Crippen LogP contribution is -2.37. The van der Waals surface area contributed by atoms with Crippen LogP contribution in [0.5, 0.6) is 5.75 Å². The highest BCUT2D eigenvalue weighted by Crippen LogP contribution is 2.21. The molecule has 1 unspecified atom stereocenters. The predicted molar refractivity (Wildman–Crippen MR) is 70.7 cm³/mol. The second kappa shape index (κ2) is 8.12. The summed E-state index contributed by atoms with van der Waals surface area (Å²) in [5.41, 5.74) is -0.202. The minimum Gasteiger partial charge on any atom is -0.479 e. The van der Waals surface area contributed by atoms with Crippen molar-refractivity contribution in [3.8, 4) is 11.8 Å². The highest BCUT2D eigenvalue weighted by atomic mass is 19.1. The average Bonchev–Trinajstić information content (AvgIpc) is 2.43. The summed E-state index contributed by atoms with van der Waals surface area (Å²) in [6, 6.07) is 5.77. The van der Waals surface area contributed by atoms with E-state index in [4.69, 9.17) is 14.7 Å². The maximum Gasteiger partial charge on any atom is 0.260 e. The summed E-state index contributed by atoms with van der Waals surface area (Å²) < 4.78 is 23.6. The lowest BCUT2D eigenvalue weighted by molar-refractivity contribution is -0.127. The Morgan fingerprint density at radius 1 is 1.55 bits per heavy atom. The molecule has 1 amide bonds. The van der Waals surface area contributed by atoms with Gasteiger partial charge in [-0.15, -0.1) is 0 Å².